The highest BCUT2D eigenvalue weighted by Crippen LogP contribution is 2.33. The van der Waals surface area contributed by atoms with Crippen LogP contribution in [0.3, 0.4) is 0 Å². The van der Waals surface area contributed by atoms with Crippen molar-refractivity contribution in [2.75, 3.05) is 7.11 Å². The number of nitrogens with one attached hydrogen (secondary N) is 2. The van der Waals surface area contributed by atoms with Crippen molar-refractivity contribution in [2.45, 2.75) is 52.2 Å². The summed E-state index contributed by atoms with van der Waals surface area (Å²) in [5.74, 6) is 1.54. The van der Waals surface area contributed by atoms with Gasteiger partial charge in [0.15, 0.2) is 0 Å². The van der Waals surface area contributed by atoms with E-state index < -0.39 is 6.04 Å². The lowest BCUT2D eigenvalue weighted by molar-refractivity contribution is -0.147. The van der Waals surface area contributed by atoms with E-state index in [9.17, 15) is 9.59 Å². The first-order valence-electron chi connectivity index (χ1n) is 9.52. The zero-order valence-electron chi connectivity index (χ0n) is 16.4. The minimum atomic E-state index is -0.544. The molecule has 3 rings (SSSR count). The average molecular weight is 372 g/mol. The Morgan fingerprint density at radius 1 is 1.11 bits per heavy atom. The first kappa shape index (κ1) is 19.3. The molecule has 0 spiro atoms. The number of esters is 1. The maximum atomic E-state index is 13.0. The molecule has 1 saturated carbocycles. The van der Waals surface area contributed by atoms with Gasteiger partial charge in [-0.2, -0.15) is 0 Å². The summed E-state index contributed by atoms with van der Waals surface area (Å²) >= 11 is 0. The first-order valence-corrected chi connectivity index (χ1v) is 9.52. The van der Waals surface area contributed by atoms with Crippen molar-refractivity contribution in [1.29, 1.82) is 0 Å². The molecule has 0 unspecified atom stereocenters. The van der Waals surface area contributed by atoms with Crippen molar-refractivity contribution in [2.24, 2.45) is 11.8 Å². The number of hydrogen-bond donors (Lipinski definition) is 2. The molecular formula is C21H28N2O4. The van der Waals surface area contributed by atoms with E-state index in [0.717, 1.165) is 24.8 Å². The van der Waals surface area contributed by atoms with Crippen molar-refractivity contribution in [3.63, 3.8) is 0 Å². The van der Waals surface area contributed by atoms with E-state index in [0.29, 0.717) is 28.9 Å². The summed E-state index contributed by atoms with van der Waals surface area (Å²) in [6, 6.07) is 6.44. The van der Waals surface area contributed by atoms with Crippen LogP contribution < -0.4 is 15.4 Å². The Kier molecular flexibility index (Phi) is 5.73. The van der Waals surface area contributed by atoms with Crippen molar-refractivity contribution in [1.82, 2.24) is 10.6 Å². The van der Waals surface area contributed by atoms with Gasteiger partial charge in [-0.05, 0) is 55.7 Å². The first-order chi connectivity index (χ1) is 12.9. The van der Waals surface area contributed by atoms with Crippen LogP contribution in [-0.2, 0) is 9.53 Å². The third kappa shape index (κ3) is 4.26. The number of allylic oxidation sites excluding steroid dienone is 1. The predicted molar refractivity (Wildman–Crippen MR) is 102 cm³/mol. The molecule has 1 aliphatic heterocycles. The summed E-state index contributed by atoms with van der Waals surface area (Å²) in [5, 5.41) is 5.52. The van der Waals surface area contributed by atoms with E-state index in [4.69, 9.17) is 9.47 Å². The molecule has 6 nitrogen and oxygen atoms in total. The molecule has 0 aromatic heterocycles. The van der Waals surface area contributed by atoms with Crippen molar-refractivity contribution in [3.8, 4) is 5.75 Å². The fourth-order valence-corrected chi connectivity index (χ4v) is 3.83. The van der Waals surface area contributed by atoms with Crippen LogP contribution in [0.25, 0.3) is 0 Å². The largest absolute Gasteiger partial charge is 0.497 e. The minimum absolute atomic E-state index is 0.0712. The van der Waals surface area contributed by atoms with Gasteiger partial charge in [-0.1, -0.05) is 26.0 Å². The molecule has 2 N–H and O–H groups in total. The molecule has 1 aromatic carbocycles. The quantitative estimate of drug-likeness (QED) is 0.790. The van der Waals surface area contributed by atoms with Crippen LogP contribution >= 0.6 is 0 Å². The Morgan fingerprint density at radius 3 is 2.44 bits per heavy atom. The summed E-state index contributed by atoms with van der Waals surface area (Å²) in [4.78, 5) is 25.0. The molecule has 6 heteroatoms. The van der Waals surface area contributed by atoms with Crippen LogP contribution in [0.2, 0.25) is 0 Å². The Balaban J connectivity index is 1.81. The van der Waals surface area contributed by atoms with Crippen LogP contribution in [0.1, 0.15) is 51.6 Å². The van der Waals surface area contributed by atoms with Gasteiger partial charge >= 0.3 is 12.0 Å². The Hall–Kier alpha value is -2.50. The molecular weight excluding hydrogens is 344 g/mol. The summed E-state index contributed by atoms with van der Waals surface area (Å²) < 4.78 is 11.0. The highest BCUT2D eigenvalue weighted by atomic mass is 16.5. The van der Waals surface area contributed by atoms with Gasteiger partial charge in [-0.15, -0.1) is 0 Å². The fraction of sp³-hybridized carbons (Fsp3) is 0.524. The zero-order valence-corrected chi connectivity index (χ0v) is 16.4. The Morgan fingerprint density at radius 2 is 1.81 bits per heavy atom. The van der Waals surface area contributed by atoms with Crippen LogP contribution in [0.4, 0.5) is 4.79 Å². The smallest absolute Gasteiger partial charge is 0.338 e. The van der Waals surface area contributed by atoms with Crippen LogP contribution in [-0.4, -0.2) is 25.2 Å². The second-order valence-corrected chi connectivity index (χ2v) is 7.64. The third-order valence-corrected chi connectivity index (χ3v) is 5.76. The summed E-state index contributed by atoms with van der Waals surface area (Å²) in [6.45, 7) is 6.19. The number of carbonyl (C=O) groups is 2. The molecule has 1 aliphatic carbocycles. The van der Waals surface area contributed by atoms with Gasteiger partial charge in [0.25, 0.3) is 0 Å². The number of carbonyl (C=O) groups excluding carboxylic acids is 2. The molecule has 146 valence electrons. The van der Waals surface area contributed by atoms with Crippen molar-refractivity contribution in [3.05, 3.63) is 41.1 Å². The van der Waals surface area contributed by atoms with Gasteiger partial charge in [0.1, 0.15) is 11.9 Å². The maximum Gasteiger partial charge on any atom is 0.338 e. The SMILES string of the molecule is COc1ccc([C@H]2NC(=O)NC(C)=C2C(=O)O[C@@H]2CC[C@H](C)[C@@H](C)C2)cc1. The number of ether oxygens (including phenoxy) is 2. The predicted octanol–water partition coefficient (Wildman–Crippen LogP) is 3.69. The second kappa shape index (κ2) is 8.03. The fourth-order valence-electron chi connectivity index (χ4n) is 3.83. The minimum Gasteiger partial charge on any atom is -0.497 e. The van der Waals surface area contributed by atoms with Gasteiger partial charge in [-0.3, -0.25) is 0 Å². The lowest BCUT2D eigenvalue weighted by Gasteiger charge is -2.33. The van der Waals surface area contributed by atoms with Gasteiger partial charge in [0, 0.05) is 5.70 Å². The van der Waals surface area contributed by atoms with Crippen molar-refractivity contribution >= 4 is 12.0 Å². The molecule has 27 heavy (non-hydrogen) atoms. The number of benzene rings is 1. The second-order valence-electron chi connectivity index (χ2n) is 7.64. The molecule has 4 atom stereocenters. The molecule has 1 fully saturated rings. The van der Waals surface area contributed by atoms with Gasteiger partial charge in [0.2, 0.25) is 0 Å². The molecule has 0 radical (unpaired) electrons. The van der Waals surface area contributed by atoms with Crippen LogP contribution in [0, 0.1) is 11.8 Å². The summed E-state index contributed by atoms with van der Waals surface area (Å²) in [7, 11) is 1.60. The summed E-state index contributed by atoms with van der Waals surface area (Å²) in [5.41, 5.74) is 1.79. The number of amides is 2. The topological polar surface area (TPSA) is 76.7 Å². The van der Waals surface area contributed by atoms with Crippen LogP contribution in [0.5, 0.6) is 5.75 Å². The third-order valence-electron chi connectivity index (χ3n) is 5.76. The van der Waals surface area contributed by atoms with Gasteiger partial charge in [-0.25, -0.2) is 9.59 Å². The highest BCUT2D eigenvalue weighted by molar-refractivity contribution is 5.95. The Labute approximate surface area is 160 Å². The number of rotatable bonds is 4. The van der Waals surface area contributed by atoms with E-state index in [-0.39, 0.29) is 18.1 Å². The lowest BCUT2D eigenvalue weighted by atomic mass is 9.80. The lowest BCUT2D eigenvalue weighted by Crippen LogP contribution is -2.45. The highest BCUT2D eigenvalue weighted by Gasteiger charge is 2.34. The zero-order chi connectivity index (χ0) is 19.6. The molecule has 1 aromatic rings. The van der Waals surface area contributed by atoms with Gasteiger partial charge in [0.05, 0.1) is 18.7 Å². The molecule has 1 heterocycles. The number of hydrogen-bond acceptors (Lipinski definition) is 4. The standard InChI is InChI=1S/C21H28N2O4/c1-12-5-8-17(11-13(12)2)27-20(24)18-14(3)22-21(25)23-19(18)15-6-9-16(26-4)10-7-15/h6-7,9-10,12-13,17,19H,5,8,11H2,1-4H3,(H2,22,23,25)/t12-,13-,17+,19+/m0/s1. The van der Waals surface area contributed by atoms with E-state index in [2.05, 4.69) is 24.5 Å². The van der Waals surface area contributed by atoms with Gasteiger partial charge < -0.3 is 20.1 Å². The number of methoxy groups -OCH3 is 1. The Bertz CT molecular complexity index is 741. The number of urea groups is 1. The summed E-state index contributed by atoms with van der Waals surface area (Å²) in [6.07, 6.45) is 2.76. The molecule has 2 amide bonds. The molecule has 0 bridgehead atoms. The normalized spacial score (nSPS) is 28.2. The van der Waals surface area contributed by atoms with E-state index in [1.165, 1.54) is 0 Å². The van der Waals surface area contributed by atoms with E-state index in [1.54, 1.807) is 14.0 Å². The van der Waals surface area contributed by atoms with E-state index in [1.807, 2.05) is 24.3 Å². The average Bonchev–Trinajstić information content (AvgIpc) is 2.64. The van der Waals surface area contributed by atoms with Crippen molar-refractivity contribution < 1.29 is 19.1 Å². The monoisotopic (exact) mass is 372 g/mol. The molecule has 2 aliphatic rings. The van der Waals surface area contributed by atoms with E-state index >= 15 is 0 Å². The van der Waals surface area contributed by atoms with Crippen LogP contribution in [0.15, 0.2) is 35.5 Å². The molecule has 0 saturated heterocycles. The maximum absolute atomic E-state index is 13.0.